The highest BCUT2D eigenvalue weighted by Crippen LogP contribution is 2.14. The summed E-state index contributed by atoms with van der Waals surface area (Å²) in [7, 11) is 0. The molecule has 1 saturated heterocycles. The molecule has 0 aromatic heterocycles. The fourth-order valence-corrected chi connectivity index (χ4v) is 2.21. The van der Waals surface area contributed by atoms with Gasteiger partial charge in [-0.25, -0.2) is 0 Å². The second-order valence-corrected chi connectivity index (χ2v) is 3.87. The molecular formula is C10H21N3O. The summed E-state index contributed by atoms with van der Waals surface area (Å²) in [6.45, 7) is 8.95. The topological polar surface area (TPSA) is 49.6 Å². The molecule has 1 unspecified atom stereocenters. The summed E-state index contributed by atoms with van der Waals surface area (Å²) >= 11 is 0. The number of hydrogen-bond acceptors (Lipinski definition) is 3. The van der Waals surface area contributed by atoms with Crippen LogP contribution in [0.25, 0.3) is 0 Å². The second-order valence-electron chi connectivity index (χ2n) is 3.87. The Morgan fingerprint density at radius 3 is 2.64 bits per heavy atom. The summed E-state index contributed by atoms with van der Waals surface area (Å²) in [4.78, 5) is 15.3. The SMILES string of the molecule is CCN(CC)C1CCN(CC(N)=O)C1. The van der Waals surface area contributed by atoms with Crippen LogP contribution in [-0.2, 0) is 4.79 Å². The van der Waals surface area contributed by atoms with Gasteiger partial charge >= 0.3 is 0 Å². The molecule has 0 radical (unpaired) electrons. The largest absolute Gasteiger partial charge is 0.369 e. The number of rotatable bonds is 5. The Balaban J connectivity index is 2.36. The van der Waals surface area contributed by atoms with Gasteiger partial charge in [-0.15, -0.1) is 0 Å². The van der Waals surface area contributed by atoms with E-state index in [0.717, 1.165) is 32.6 Å². The van der Waals surface area contributed by atoms with Crippen LogP contribution in [0.15, 0.2) is 0 Å². The van der Waals surface area contributed by atoms with Gasteiger partial charge in [-0.05, 0) is 19.5 Å². The normalized spacial score (nSPS) is 23.2. The number of carbonyl (C=O) groups excluding carboxylic acids is 1. The average molecular weight is 199 g/mol. The zero-order valence-electron chi connectivity index (χ0n) is 9.20. The average Bonchev–Trinajstić information content (AvgIpc) is 2.54. The summed E-state index contributed by atoms with van der Waals surface area (Å²) in [5.41, 5.74) is 5.16. The Labute approximate surface area is 86.0 Å². The van der Waals surface area contributed by atoms with E-state index in [1.165, 1.54) is 0 Å². The van der Waals surface area contributed by atoms with E-state index in [4.69, 9.17) is 5.73 Å². The first kappa shape index (κ1) is 11.5. The zero-order valence-corrected chi connectivity index (χ0v) is 9.20. The standard InChI is InChI=1S/C10H21N3O/c1-3-13(4-2)9-5-6-12(7-9)8-10(11)14/h9H,3-8H2,1-2H3,(H2,11,14). The third kappa shape index (κ3) is 2.96. The molecule has 0 bridgehead atoms. The fourth-order valence-electron chi connectivity index (χ4n) is 2.21. The molecule has 1 heterocycles. The van der Waals surface area contributed by atoms with Crippen molar-refractivity contribution in [2.75, 3.05) is 32.7 Å². The van der Waals surface area contributed by atoms with Crippen LogP contribution < -0.4 is 5.73 Å². The molecule has 0 saturated carbocycles. The summed E-state index contributed by atoms with van der Waals surface area (Å²) in [6, 6.07) is 0.615. The van der Waals surface area contributed by atoms with E-state index in [9.17, 15) is 4.79 Å². The molecular weight excluding hydrogens is 178 g/mol. The van der Waals surface area contributed by atoms with Gasteiger partial charge in [0.25, 0.3) is 0 Å². The minimum atomic E-state index is -0.217. The van der Waals surface area contributed by atoms with E-state index in [1.54, 1.807) is 0 Å². The lowest BCUT2D eigenvalue weighted by Crippen LogP contribution is -2.39. The Bertz CT molecular complexity index is 192. The number of nitrogens with two attached hydrogens (primary N) is 1. The molecule has 82 valence electrons. The van der Waals surface area contributed by atoms with Crippen molar-refractivity contribution >= 4 is 5.91 Å². The monoisotopic (exact) mass is 199 g/mol. The molecule has 4 heteroatoms. The number of nitrogens with zero attached hydrogens (tertiary/aromatic N) is 2. The second kappa shape index (κ2) is 5.32. The van der Waals surface area contributed by atoms with Gasteiger partial charge in [0.15, 0.2) is 0 Å². The quantitative estimate of drug-likeness (QED) is 0.672. The maximum atomic E-state index is 10.7. The van der Waals surface area contributed by atoms with Gasteiger partial charge in [-0.2, -0.15) is 0 Å². The number of likely N-dealkylation sites (N-methyl/N-ethyl adjacent to an activating group) is 1. The molecule has 14 heavy (non-hydrogen) atoms. The molecule has 1 aliphatic rings. The lowest BCUT2D eigenvalue weighted by Gasteiger charge is -2.25. The first-order valence-corrected chi connectivity index (χ1v) is 5.42. The van der Waals surface area contributed by atoms with Crippen molar-refractivity contribution < 1.29 is 4.79 Å². The Hall–Kier alpha value is -0.610. The lowest BCUT2D eigenvalue weighted by atomic mass is 10.2. The number of primary amides is 1. The van der Waals surface area contributed by atoms with Crippen LogP contribution >= 0.6 is 0 Å². The maximum Gasteiger partial charge on any atom is 0.231 e. The number of hydrogen-bond donors (Lipinski definition) is 1. The van der Waals surface area contributed by atoms with Gasteiger partial charge < -0.3 is 5.73 Å². The summed E-state index contributed by atoms with van der Waals surface area (Å²) in [5.74, 6) is -0.217. The highest BCUT2D eigenvalue weighted by molar-refractivity contribution is 5.75. The highest BCUT2D eigenvalue weighted by Gasteiger charge is 2.26. The summed E-state index contributed by atoms with van der Waals surface area (Å²) in [5, 5.41) is 0. The molecule has 0 aromatic carbocycles. The maximum absolute atomic E-state index is 10.7. The van der Waals surface area contributed by atoms with Crippen LogP contribution in [0.2, 0.25) is 0 Å². The fraction of sp³-hybridized carbons (Fsp3) is 0.900. The highest BCUT2D eigenvalue weighted by atomic mass is 16.1. The minimum absolute atomic E-state index is 0.217. The van der Waals surface area contributed by atoms with Crippen molar-refractivity contribution in [3.8, 4) is 0 Å². The Morgan fingerprint density at radius 2 is 2.14 bits per heavy atom. The van der Waals surface area contributed by atoms with Crippen molar-refractivity contribution in [3.05, 3.63) is 0 Å². The van der Waals surface area contributed by atoms with E-state index >= 15 is 0 Å². The van der Waals surface area contributed by atoms with Crippen LogP contribution in [-0.4, -0.2) is 54.5 Å². The minimum Gasteiger partial charge on any atom is -0.369 e. The zero-order chi connectivity index (χ0) is 10.6. The van der Waals surface area contributed by atoms with E-state index in [1.807, 2.05) is 0 Å². The molecule has 0 aromatic rings. The molecule has 1 fully saturated rings. The third-order valence-corrected chi connectivity index (χ3v) is 2.96. The van der Waals surface area contributed by atoms with Gasteiger partial charge in [0.2, 0.25) is 5.91 Å². The summed E-state index contributed by atoms with van der Waals surface area (Å²) < 4.78 is 0. The smallest absolute Gasteiger partial charge is 0.231 e. The molecule has 0 aliphatic carbocycles. The van der Waals surface area contributed by atoms with Crippen LogP contribution in [0.5, 0.6) is 0 Å². The van der Waals surface area contributed by atoms with Crippen LogP contribution in [0.3, 0.4) is 0 Å². The summed E-state index contributed by atoms with van der Waals surface area (Å²) in [6.07, 6.45) is 1.16. The van der Waals surface area contributed by atoms with Crippen molar-refractivity contribution in [3.63, 3.8) is 0 Å². The van der Waals surface area contributed by atoms with Gasteiger partial charge in [0, 0.05) is 19.1 Å². The number of amides is 1. The van der Waals surface area contributed by atoms with Gasteiger partial charge in [-0.3, -0.25) is 14.6 Å². The predicted octanol–water partition coefficient (Wildman–Crippen LogP) is -0.112. The van der Waals surface area contributed by atoms with Crippen molar-refractivity contribution in [2.24, 2.45) is 5.73 Å². The number of carbonyl (C=O) groups is 1. The van der Waals surface area contributed by atoms with E-state index in [0.29, 0.717) is 12.6 Å². The van der Waals surface area contributed by atoms with E-state index in [-0.39, 0.29) is 5.91 Å². The van der Waals surface area contributed by atoms with Crippen LogP contribution in [0.4, 0.5) is 0 Å². The van der Waals surface area contributed by atoms with Gasteiger partial charge in [0.1, 0.15) is 0 Å². The van der Waals surface area contributed by atoms with Gasteiger partial charge in [0.05, 0.1) is 6.54 Å². The van der Waals surface area contributed by atoms with E-state index in [2.05, 4.69) is 23.6 Å². The van der Waals surface area contributed by atoms with Crippen LogP contribution in [0.1, 0.15) is 20.3 Å². The molecule has 2 N–H and O–H groups in total. The Morgan fingerprint density at radius 1 is 1.50 bits per heavy atom. The van der Waals surface area contributed by atoms with Crippen molar-refractivity contribution in [1.29, 1.82) is 0 Å². The third-order valence-electron chi connectivity index (χ3n) is 2.96. The predicted molar refractivity (Wildman–Crippen MR) is 57.0 cm³/mol. The molecule has 1 aliphatic heterocycles. The molecule has 4 nitrogen and oxygen atoms in total. The first-order valence-electron chi connectivity index (χ1n) is 5.42. The number of likely N-dealkylation sites (tertiary alicyclic amines) is 1. The first-order chi connectivity index (χ1) is 6.67. The van der Waals surface area contributed by atoms with Crippen molar-refractivity contribution in [2.45, 2.75) is 26.3 Å². The van der Waals surface area contributed by atoms with Crippen molar-refractivity contribution in [1.82, 2.24) is 9.80 Å². The molecule has 1 amide bonds. The van der Waals surface area contributed by atoms with Gasteiger partial charge in [-0.1, -0.05) is 13.8 Å². The van der Waals surface area contributed by atoms with E-state index < -0.39 is 0 Å². The molecule has 0 spiro atoms. The Kier molecular flexibility index (Phi) is 4.35. The lowest BCUT2D eigenvalue weighted by molar-refractivity contribution is -0.118. The molecule has 1 rings (SSSR count). The molecule has 1 atom stereocenters. The van der Waals surface area contributed by atoms with Crippen LogP contribution in [0, 0.1) is 0 Å².